The molecule has 2 heterocycles. The molecule has 1 saturated heterocycles. The lowest BCUT2D eigenvalue weighted by Gasteiger charge is -2.35. The second-order valence-corrected chi connectivity index (χ2v) is 7.59. The molecule has 130 valence electrons. The fraction of sp³-hybridized carbons (Fsp3) is 0.684. The summed E-state index contributed by atoms with van der Waals surface area (Å²) in [6, 6.07) is 3.93. The van der Waals surface area contributed by atoms with Gasteiger partial charge in [0.15, 0.2) is 5.67 Å². The first kappa shape index (κ1) is 16.0. The van der Waals surface area contributed by atoms with E-state index < -0.39 is 5.67 Å². The average molecular weight is 332 g/mol. The number of likely N-dealkylation sites (tertiary alicyclic amines) is 1. The van der Waals surface area contributed by atoms with Crippen molar-refractivity contribution in [2.24, 2.45) is 11.8 Å². The predicted molar refractivity (Wildman–Crippen MR) is 87.9 cm³/mol. The molecule has 4 nitrogen and oxygen atoms in total. The molecule has 24 heavy (non-hydrogen) atoms. The summed E-state index contributed by atoms with van der Waals surface area (Å²) in [6.45, 7) is 1.93. The molecule has 4 rings (SSSR count). The molecule has 1 amide bonds. The Morgan fingerprint density at radius 2 is 2.21 bits per heavy atom. The van der Waals surface area contributed by atoms with Crippen molar-refractivity contribution in [3.63, 3.8) is 0 Å². The molecule has 0 unspecified atom stereocenters. The van der Waals surface area contributed by atoms with Crippen LogP contribution in [0.3, 0.4) is 0 Å². The molecule has 3 aliphatic rings. The standard InChI is InChI=1S/C19H25FN2O2/c20-19(7-3-8-19)18(23)22-11-15-5-1-6-17(16(15)12-22)24-13-14-4-2-9-21-10-14/h2,4,9-10,15-17H,1,3,5-8,11-13H2/t15-,16+,17-/m1/s1. The van der Waals surface area contributed by atoms with Gasteiger partial charge in [-0.15, -0.1) is 0 Å². The van der Waals surface area contributed by atoms with Gasteiger partial charge >= 0.3 is 0 Å². The fourth-order valence-corrected chi connectivity index (χ4v) is 4.46. The molecule has 1 aromatic rings. The zero-order valence-electron chi connectivity index (χ0n) is 14.0. The highest BCUT2D eigenvalue weighted by Crippen LogP contribution is 2.42. The van der Waals surface area contributed by atoms with Crippen molar-refractivity contribution >= 4 is 5.91 Å². The van der Waals surface area contributed by atoms with E-state index in [4.69, 9.17) is 4.74 Å². The number of hydrogen-bond acceptors (Lipinski definition) is 3. The van der Waals surface area contributed by atoms with E-state index >= 15 is 0 Å². The molecule has 0 radical (unpaired) electrons. The Balaban J connectivity index is 1.38. The van der Waals surface area contributed by atoms with Crippen LogP contribution >= 0.6 is 0 Å². The third-order valence-corrected chi connectivity index (χ3v) is 6.04. The van der Waals surface area contributed by atoms with Crippen molar-refractivity contribution in [2.45, 2.75) is 56.9 Å². The van der Waals surface area contributed by atoms with Gasteiger partial charge in [-0.3, -0.25) is 9.78 Å². The number of alkyl halides is 1. The molecule has 1 aromatic heterocycles. The van der Waals surface area contributed by atoms with Crippen LogP contribution in [-0.4, -0.2) is 40.7 Å². The third-order valence-electron chi connectivity index (χ3n) is 6.04. The second kappa shape index (κ2) is 6.43. The van der Waals surface area contributed by atoms with Crippen molar-refractivity contribution in [3.05, 3.63) is 30.1 Å². The summed E-state index contributed by atoms with van der Waals surface area (Å²) in [7, 11) is 0. The van der Waals surface area contributed by atoms with Crippen molar-refractivity contribution in [1.82, 2.24) is 9.88 Å². The topological polar surface area (TPSA) is 42.4 Å². The van der Waals surface area contributed by atoms with Crippen LogP contribution in [-0.2, 0) is 16.1 Å². The smallest absolute Gasteiger partial charge is 0.260 e. The van der Waals surface area contributed by atoms with Gasteiger partial charge < -0.3 is 9.64 Å². The monoisotopic (exact) mass is 332 g/mol. The van der Waals surface area contributed by atoms with Crippen LogP contribution in [0.1, 0.15) is 44.1 Å². The minimum Gasteiger partial charge on any atom is -0.373 e. The van der Waals surface area contributed by atoms with E-state index in [0.717, 1.165) is 31.2 Å². The van der Waals surface area contributed by atoms with E-state index in [1.807, 2.05) is 18.3 Å². The molecule has 0 N–H and O–H groups in total. The highest BCUT2D eigenvalue weighted by atomic mass is 19.1. The van der Waals surface area contributed by atoms with Gasteiger partial charge in [-0.25, -0.2) is 4.39 Å². The van der Waals surface area contributed by atoms with Crippen LogP contribution in [0, 0.1) is 11.8 Å². The SMILES string of the molecule is O=C(N1C[C@H]2CCC[C@@H](OCc3cccnc3)[C@H]2C1)C1(F)CCC1. The molecule has 5 heteroatoms. The fourth-order valence-electron chi connectivity index (χ4n) is 4.46. The number of ether oxygens (including phenoxy) is 1. The summed E-state index contributed by atoms with van der Waals surface area (Å²) in [5.41, 5.74) is -0.498. The number of pyridine rings is 1. The number of amides is 1. The zero-order chi connectivity index (χ0) is 16.6. The summed E-state index contributed by atoms with van der Waals surface area (Å²) in [6.07, 6.45) is 8.67. The Bertz CT molecular complexity index is 590. The Labute approximate surface area is 142 Å². The van der Waals surface area contributed by atoms with E-state index in [2.05, 4.69) is 4.98 Å². The molecule has 3 fully saturated rings. The molecular weight excluding hydrogens is 307 g/mol. The maximum atomic E-state index is 14.5. The molecular formula is C19H25FN2O2. The second-order valence-electron chi connectivity index (χ2n) is 7.59. The van der Waals surface area contributed by atoms with Crippen LogP contribution < -0.4 is 0 Å². The van der Waals surface area contributed by atoms with Crippen LogP contribution in [0.15, 0.2) is 24.5 Å². The van der Waals surface area contributed by atoms with E-state index in [0.29, 0.717) is 44.4 Å². The van der Waals surface area contributed by atoms with Gasteiger partial charge in [0.2, 0.25) is 0 Å². The highest BCUT2D eigenvalue weighted by molar-refractivity contribution is 5.86. The van der Waals surface area contributed by atoms with E-state index in [9.17, 15) is 9.18 Å². The lowest BCUT2D eigenvalue weighted by molar-refractivity contribution is -0.149. The summed E-state index contributed by atoms with van der Waals surface area (Å²) >= 11 is 0. The van der Waals surface area contributed by atoms with Gasteiger partial charge in [-0.2, -0.15) is 0 Å². The number of halogens is 1. The Hall–Kier alpha value is -1.49. The normalized spacial score (nSPS) is 31.4. The first-order valence-corrected chi connectivity index (χ1v) is 9.14. The number of rotatable bonds is 4. The van der Waals surface area contributed by atoms with Crippen LogP contribution in [0.25, 0.3) is 0 Å². The maximum Gasteiger partial charge on any atom is 0.260 e. The van der Waals surface area contributed by atoms with Gasteiger partial charge in [0.05, 0.1) is 12.7 Å². The molecule has 2 saturated carbocycles. The third kappa shape index (κ3) is 2.94. The zero-order valence-corrected chi connectivity index (χ0v) is 14.0. The van der Waals surface area contributed by atoms with Crippen LogP contribution in [0.2, 0.25) is 0 Å². The Kier molecular flexibility index (Phi) is 4.29. The maximum absolute atomic E-state index is 14.5. The van der Waals surface area contributed by atoms with E-state index in [1.165, 1.54) is 0 Å². The quantitative estimate of drug-likeness (QED) is 0.851. The number of carbonyl (C=O) groups excluding carboxylic acids is 1. The van der Waals surface area contributed by atoms with Gasteiger partial charge in [-0.1, -0.05) is 12.5 Å². The van der Waals surface area contributed by atoms with Gasteiger partial charge in [0.1, 0.15) is 0 Å². The number of nitrogens with zero attached hydrogens (tertiary/aromatic N) is 2. The number of fused-ring (bicyclic) bond motifs is 1. The Morgan fingerprint density at radius 1 is 1.33 bits per heavy atom. The summed E-state index contributed by atoms with van der Waals surface area (Å²) < 4.78 is 20.6. The lowest BCUT2D eigenvalue weighted by atomic mass is 9.79. The van der Waals surface area contributed by atoms with Crippen molar-refractivity contribution in [3.8, 4) is 0 Å². The van der Waals surface area contributed by atoms with Crippen molar-refractivity contribution < 1.29 is 13.9 Å². The first-order valence-electron chi connectivity index (χ1n) is 9.14. The molecule has 0 spiro atoms. The summed E-state index contributed by atoms with van der Waals surface area (Å²) in [5.74, 6) is 0.544. The van der Waals surface area contributed by atoms with E-state index in [1.54, 1.807) is 11.1 Å². The molecule has 1 aliphatic heterocycles. The summed E-state index contributed by atoms with van der Waals surface area (Å²) in [5, 5.41) is 0. The van der Waals surface area contributed by atoms with Crippen LogP contribution in [0.5, 0.6) is 0 Å². The van der Waals surface area contributed by atoms with Gasteiger partial charge in [0.25, 0.3) is 5.91 Å². The number of hydrogen-bond donors (Lipinski definition) is 0. The van der Waals surface area contributed by atoms with E-state index in [-0.39, 0.29) is 12.0 Å². The molecule has 3 atom stereocenters. The highest BCUT2D eigenvalue weighted by Gasteiger charge is 2.51. The first-order chi connectivity index (χ1) is 11.7. The summed E-state index contributed by atoms with van der Waals surface area (Å²) in [4.78, 5) is 18.4. The lowest BCUT2D eigenvalue weighted by Crippen LogP contribution is -2.49. The average Bonchev–Trinajstić information content (AvgIpc) is 3.02. The molecule has 2 aliphatic carbocycles. The molecule has 0 bridgehead atoms. The minimum absolute atomic E-state index is 0.165. The van der Waals surface area contributed by atoms with Crippen molar-refractivity contribution in [1.29, 1.82) is 0 Å². The minimum atomic E-state index is -1.57. The largest absolute Gasteiger partial charge is 0.373 e. The van der Waals surface area contributed by atoms with Gasteiger partial charge in [0, 0.05) is 31.4 Å². The molecule has 0 aromatic carbocycles. The number of carbonyl (C=O) groups is 1. The van der Waals surface area contributed by atoms with Crippen molar-refractivity contribution in [2.75, 3.05) is 13.1 Å². The van der Waals surface area contributed by atoms with Gasteiger partial charge in [-0.05, 0) is 49.7 Å². The Morgan fingerprint density at radius 3 is 2.92 bits per heavy atom. The predicted octanol–water partition coefficient (Wildman–Crippen LogP) is 3.12. The van der Waals surface area contributed by atoms with Crippen LogP contribution in [0.4, 0.5) is 4.39 Å². The number of aromatic nitrogens is 1.